The molecule has 2 N–H and O–H groups in total. The van der Waals surface area contributed by atoms with Crippen LogP contribution in [-0.2, 0) is 11.3 Å². The van der Waals surface area contributed by atoms with Crippen molar-refractivity contribution >= 4 is 22.7 Å². The number of esters is 1. The summed E-state index contributed by atoms with van der Waals surface area (Å²) in [6.07, 6.45) is 2.45. The van der Waals surface area contributed by atoms with Crippen molar-refractivity contribution in [3.63, 3.8) is 0 Å². The molecule has 0 aliphatic rings. The lowest BCUT2D eigenvalue weighted by atomic mass is 10.1. The molecule has 6 nitrogen and oxygen atoms in total. The molecule has 2 aromatic heterocycles. The fourth-order valence-corrected chi connectivity index (χ4v) is 2.15. The number of carbonyl (C=O) groups is 1. The number of hydrogen-bond donors (Lipinski definition) is 1. The van der Waals surface area contributed by atoms with Gasteiger partial charge in [0, 0.05) is 6.54 Å². The average molecular weight is 288 g/mol. The number of fused-ring (bicyclic) bond motifs is 1. The Kier molecular flexibility index (Phi) is 4.26. The highest BCUT2D eigenvalue weighted by molar-refractivity contribution is 6.04. The quantitative estimate of drug-likeness (QED) is 0.675. The minimum atomic E-state index is -0.448. The van der Waals surface area contributed by atoms with Gasteiger partial charge < -0.3 is 10.5 Å². The minimum Gasteiger partial charge on any atom is -0.462 e. The molecule has 0 saturated heterocycles. The van der Waals surface area contributed by atoms with Crippen LogP contribution >= 0.6 is 0 Å². The molecule has 0 bridgehead atoms. The van der Waals surface area contributed by atoms with E-state index >= 15 is 0 Å². The first-order valence-corrected chi connectivity index (χ1v) is 6.88. The first-order chi connectivity index (χ1) is 9.95. The smallest absolute Gasteiger partial charge is 0.342 e. The number of nitrogens with two attached hydrogens (primary N) is 1. The first-order valence-electron chi connectivity index (χ1n) is 6.88. The Morgan fingerprint density at radius 3 is 2.86 bits per heavy atom. The van der Waals surface area contributed by atoms with Crippen LogP contribution in [0.5, 0.6) is 0 Å². The SMILES string of the molecule is C=C(C)CCn1ncc2c(N)c(C(=O)OCC)c(C)nc21. The van der Waals surface area contributed by atoms with Crippen molar-refractivity contribution in [2.24, 2.45) is 0 Å². The van der Waals surface area contributed by atoms with Gasteiger partial charge in [0.15, 0.2) is 5.65 Å². The monoisotopic (exact) mass is 288 g/mol. The number of pyridine rings is 1. The van der Waals surface area contributed by atoms with Crippen LogP contribution in [0.1, 0.15) is 36.3 Å². The molecule has 0 saturated carbocycles. The van der Waals surface area contributed by atoms with Crippen LogP contribution < -0.4 is 5.73 Å². The van der Waals surface area contributed by atoms with Crippen molar-refractivity contribution < 1.29 is 9.53 Å². The molecule has 0 radical (unpaired) electrons. The Morgan fingerprint density at radius 1 is 1.52 bits per heavy atom. The van der Waals surface area contributed by atoms with Gasteiger partial charge in [-0.05, 0) is 27.2 Å². The Balaban J connectivity index is 2.49. The predicted molar refractivity (Wildman–Crippen MR) is 82.1 cm³/mol. The summed E-state index contributed by atoms with van der Waals surface area (Å²) in [7, 11) is 0. The average Bonchev–Trinajstić information content (AvgIpc) is 2.79. The zero-order valence-corrected chi connectivity index (χ0v) is 12.6. The van der Waals surface area contributed by atoms with Gasteiger partial charge in [0.1, 0.15) is 5.56 Å². The first kappa shape index (κ1) is 15.0. The van der Waals surface area contributed by atoms with E-state index in [1.807, 2.05) is 6.92 Å². The standard InChI is InChI=1S/C15H20N4O2/c1-5-21-15(20)12-10(4)18-14-11(13(12)16)8-17-19(14)7-6-9(2)3/h8H,2,5-7H2,1,3-4H3,(H2,16,18). The van der Waals surface area contributed by atoms with Crippen LogP contribution in [0.3, 0.4) is 0 Å². The van der Waals surface area contributed by atoms with E-state index in [0.29, 0.717) is 41.1 Å². The number of aryl methyl sites for hydroxylation is 2. The predicted octanol–water partition coefficient (Wildman–Crippen LogP) is 2.46. The summed E-state index contributed by atoms with van der Waals surface area (Å²) >= 11 is 0. The summed E-state index contributed by atoms with van der Waals surface area (Å²) in [5, 5.41) is 4.97. The van der Waals surface area contributed by atoms with Gasteiger partial charge in [-0.2, -0.15) is 5.10 Å². The van der Waals surface area contributed by atoms with Crippen molar-refractivity contribution in [1.29, 1.82) is 0 Å². The highest BCUT2D eigenvalue weighted by Crippen LogP contribution is 2.26. The Hall–Kier alpha value is -2.37. The van der Waals surface area contributed by atoms with E-state index < -0.39 is 5.97 Å². The molecule has 0 fully saturated rings. The highest BCUT2D eigenvalue weighted by Gasteiger charge is 2.20. The maximum Gasteiger partial charge on any atom is 0.342 e. The summed E-state index contributed by atoms with van der Waals surface area (Å²) in [6, 6.07) is 0. The van der Waals surface area contributed by atoms with Gasteiger partial charge in [-0.1, -0.05) is 5.57 Å². The normalized spacial score (nSPS) is 10.8. The minimum absolute atomic E-state index is 0.299. The number of hydrogen-bond acceptors (Lipinski definition) is 5. The fourth-order valence-electron chi connectivity index (χ4n) is 2.15. The molecule has 0 aromatic carbocycles. The molecule has 0 aliphatic heterocycles. The molecule has 2 aromatic rings. The van der Waals surface area contributed by atoms with Gasteiger partial charge in [0.25, 0.3) is 0 Å². The van der Waals surface area contributed by atoms with Crippen LogP contribution in [0, 0.1) is 6.92 Å². The lowest BCUT2D eigenvalue weighted by molar-refractivity contribution is 0.0526. The number of carbonyl (C=O) groups excluding carboxylic acids is 1. The van der Waals surface area contributed by atoms with E-state index in [0.717, 1.165) is 12.0 Å². The summed E-state index contributed by atoms with van der Waals surface area (Å²) < 4.78 is 6.81. The zero-order chi connectivity index (χ0) is 15.6. The van der Waals surface area contributed by atoms with Crippen molar-refractivity contribution in [1.82, 2.24) is 14.8 Å². The van der Waals surface area contributed by atoms with Gasteiger partial charge in [-0.25, -0.2) is 14.5 Å². The number of ether oxygens (including phenoxy) is 1. The zero-order valence-electron chi connectivity index (χ0n) is 12.6. The fraction of sp³-hybridized carbons (Fsp3) is 0.400. The second-order valence-electron chi connectivity index (χ2n) is 5.02. The number of nitrogens with zero attached hydrogens (tertiary/aromatic N) is 3. The number of nitrogen functional groups attached to an aromatic ring is 1. The molecule has 2 rings (SSSR count). The largest absolute Gasteiger partial charge is 0.462 e. The Bertz CT molecular complexity index is 703. The molecular weight excluding hydrogens is 268 g/mol. The topological polar surface area (TPSA) is 83.0 Å². The summed E-state index contributed by atoms with van der Waals surface area (Å²) in [5.74, 6) is -0.448. The van der Waals surface area contributed by atoms with Crippen LogP contribution in [0.25, 0.3) is 11.0 Å². The van der Waals surface area contributed by atoms with Crippen LogP contribution in [-0.4, -0.2) is 27.3 Å². The van der Waals surface area contributed by atoms with E-state index in [4.69, 9.17) is 10.5 Å². The molecule has 21 heavy (non-hydrogen) atoms. The lowest BCUT2D eigenvalue weighted by Gasteiger charge is -2.10. The highest BCUT2D eigenvalue weighted by atomic mass is 16.5. The third-order valence-electron chi connectivity index (χ3n) is 3.24. The van der Waals surface area contributed by atoms with Crippen LogP contribution in [0.2, 0.25) is 0 Å². The van der Waals surface area contributed by atoms with E-state index in [9.17, 15) is 4.79 Å². The maximum atomic E-state index is 12.0. The maximum absolute atomic E-state index is 12.0. The van der Waals surface area contributed by atoms with Crippen molar-refractivity contribution in [2.75, 3.05) is 12.3 Å². The van der Waals surface area contributed by atoms with Gasteiger partial charge >= 0.3 is 5.97 Å². The second kappa shape index (κ2) is 5.95. The number of allylic oxidation sites excluding steroid dienone is 1. The molecule has 112 valence electrons. The molecule has 0 unspecified atom stereocenters. The molecule has 6 heteroatoms. The molecule has 0 aliphatic carbocycles. The van der Waals surface area contributed by atoms with Crippen molar-refractivity contribution in [3.8, 4) is 0 Å². The van der Waals surface area contributed by atoms with Gasteiger partial charge in [0.2, 0.25) is 0 Å². The Morgan fingerprint density at radius 2 is 2.24 bits per heavy atom. The molecule has 0 spiro atoms. The number of rotatable bonds is 5. The van der Waals surface area contributed by atoms with Gasteiger partial charge in [-0.3, -0.25) is 0 Å². The summed E-state index contributed by atoms with van der Waals surface area (Å²) in [4.78, 5) is 16.4. The van der Waals surface area contributed by atoms with E-state index in [1.54, 1.807) is 24.7 Å². The molecular formula is C15H20N4O2. The van der Waals surface area contributed by atoms with Crippen molar-refractivity contribution in [3.05, 3.63) is 29.6 Å². The molecule has 2 heterocycles. The number of aromatic nitrogens is 3. The molecule has 0 amide bonds. The molecule has 0 atom stereocenters. The van der Waals surface area contributed by atoms with Gasteiger partial charge in [0.05, 0.1) is 29.6 Å². The van der Waals surface area contributed by atoms with Crippen molar-refractivity contribution in [2.45, 2.75) is 33.7 Å². The second-order valence-corrected chi connectivity index (χ2v) is 5.02. The number of anilines is 1. The lowest BCUT2D eigenvalue weighted by Crippen LogP contribution is -2.12. The third kappa shape index (κ3) is 2.89. The van der Waals surface area contributed by atoms with Crippen LogP contribution in [0.4, 0.5) is 5.69 Å². The van der Waals surface area contributed by atoms with Crippen LogP contribution in [0.15, 0.2) is 18.3 Å². The van der Waals surface area contributed by atoms with E-state index in [2.05, 4.69) is 16.7 Å². The van der Waals surface area contributed by atoms with Gasteiger partial charge in [-0.15, -0.1) is 6.58 Å². The summed E-state index contributed by atoms with van der Waals surface area (Å²) in [6.45, 7) is 10.3. The van der Waals surface area contributed by atoms with E-state index in [-0.39, 0.29) is 0 Å². The van der Waals surface area contributed by atoms with E-state index in [1.165, 1.54) is 0 Å². The Labute approximate surface area is 123 Å². The summed E-state index contributed by atoms with van der Waals surface area (Å²) in [5.41, 5.74) is 9.11. The third-order valence-corrected chi connectivity index (χ3v) is 3.24.